The number of hydrogen-bond acceptors (Lipinski definition) is 1. The molecule has 0 N–H and O–H groups in total. The number of ether oxygens (including phenoxy) is 1. The van der Waals surface area contributed by atoms with Gasteiger partial charge in [0.1, 0.15) is 11.7 Å². The summed E-state index contributed by atoms with van der Waals surface area (Å²) in [6.07, 6.45) is 2.08. The maximum atomic E-state index is 5.52. The van der Waals surface area contributed by atoms with E-state index >= 15 is 0 Å². The molecule has 1 saturated heterocycles. The second-order valence-electron chi connectivity index (χ2n) is 3.30. The number of rotatable bonds is 2. The van der Waals surface area contributed by atoms with E-state index in [1.807, 2.05) is 24.3 Å². The van der Waals surface area contributed by atoms with Crippen LogP contribution in [0.25, 0.3) is 0 Å². The van der Waals surface area contributed by atoms with Gasteiger partial charge in [-0.3, -0.25) is 0 Å². The largest absolute Gasteiger partial charge is 0.357 e. The molecule has 2 atom stereocenters. The zero-order valence-electron chi connectivity index (χ0n) is 7.16. The highest BCUT2D eigenvalue weighted by molar-refractivity contribution is 5.28. The van der Waals surface area contributed by atoms with E-state index in [-0.39, 0.29) is 11.7 Å². The zero-order chi connectivity index (χ0) is 8.60. The Balaban J connectivity index is 2.21. The lowest BCUT2D eigenvalue weighted by Gasteiger charge is -1.97. The molecule has 2 rings (SSSR count). The van der Waals surface area contributed by atoms with Crippen molar-refractivity contribution in [1.82, 2.24) is 0 Å². The second-order valence-corrected chi connectivity index (χ2v) is 3.30. The first-order valence-electron chi connectivity index (χ1n) is 4.12. The molecule has 1 heteroatoms. The molecule has 0 aromatic heterocycles. The van der Waals surface area contributed by atoms with Gasteiger partial charge in [0.25, 0.3) is 0 Å². The molecular formula is C11H12O. The van der Waals surface area contributed by atoms with Crippen LogP contribution in [0.3, 0.4) is 0 Å². The lowest BCUT2D eigenvalue weighted by molar-refractivity contribution is 0.345. The third-order valence-corrected chi connectivity index (χ3v) is 2.34. The molecule has 0 aliphatic carbocycles. The molecule has 1 aromatic carbocycles. The van der Waals surface area contributed by atoms with Crippen LogP contribution in [0.15, 0.2) is 43.0 Å². The summed E-state index contributed by atoms with van der Waals surface area (Å²) in [5, 5.41) is 0. The average molecular weight is 160 g/mol. The van der Waals surface area contributed by atoms with E-state index in [0.29, 0.717) is 0 Å². The molecule has 0 saturated carbocycles. The van der Waals surface area contributed by atoms with Gasteiger partial charge in [0.05, 0.1) is 0 Å². The summed E-state index contributed by atoms with van der Waals surface area (Å²) in [7, 11) is 0. The number of hydrogen-bond donors (Lipinski definition) is 0. The van der Waals surface area contributed by atoms with Crippen molar-refractivity contribution in [2.75, 3.05) is 0 Å². The standard InChI is InChI=1S/C11H12O/c1-3-11(2)10(12-11)9-7-5-4-6-8-9/h3-8,10H,1H2,2H3. The quantitative estimate of drug-likeness (QED) is 0.478. The molecule has 0 bridgehead atoms. The van der Waals surface area contributed by atoms with E-state index in [2.05, 4.69) is 25.6 Å². The maximum Gasteiger partial charge on any atom is 0.116 e. The van der Waals surface area contributed by atoms with Crippen molar-refractivity contribution in [2.24, 2.45) is 0 Å². The Morgan fingerprint density at radius 1 is 1.42 bits per heavy atom. The first kappa shape index (κ1) is 7.56. The van der Waals surface area contributed by atoms with E-state index in [4.69, 9.17) is 4.74 Å². The van der Waals surface area contributed by atoms with Crippen LogP contribution in [0.4, 0.5) is 0 Å². The Morgan fingerprint density at radius 2 is 2.08 bits per heavy atom. The van der Waals surface area contributed by atoms with Gasteiger partial charge in [0.15, 0.2) is 0 Å². The van der Waals surface area contributed by atoms with Crippen LogP contribution >= 0.6 is 0 Å². The van der Waals surface area contributed by atoms with E-state index < -0.39 is 0 Å². The monoisotopic (exact) mass is 160 g/mol. The molecule has 1 aromatic rings. The minimum atomic E-state index is -0.124. The van der Waals surface area contributed by atoms with Crippen LogP contribution < -0.4 is 0 Å². The van der Waals surface area contributed by atoms with Gasteiger partial charge in [-0.1, -0.05) is 36.4 Å². The molecule has 1 aliphatic heterocycles. The van der Waals surface area contributed by atoms with Crippen LogP contribution in [0.1, 0.15) is 18.6 Å². The molecule has 0 spiro atoms. The van der Waals surface area contributed by atoms with Gasteiger partial charge in [-0.2, -0.15) is 0 Å². The summed E-state index contributed by atoms with van der Waals surface area (Å²) in [6, 6.07) is 10.2. The van der Waals surface area contributed by atoms with Crippen LogP contribution in [0.5, 0.6) is 0 Å². The summed E-state index contributed by atoms with van der Waals surface area (Å²) in [4.78, 5) is 0. The summed E-state index contributed by atoms with van der Waals surface area (Å²) < 4.78 is 5.52. The SMILES string of the molecule is C=CC1(C)OC1c1ccccc1. The smallest absolute Gasteiger partial charge is 0.116 e. The van der Waals surface area contributed by atoms with Crippen molar-refractivity contribution >= 4 is 0 Å². The minimum absolute atomic E-state index is 0.124. The molecule has 62 valence electrons. The highest BCUT2D eigenvalue weighted by atomic mass is 16.6. The third-order valence-electron chi connectivity index (χ3n) is 2.34. The fourth-order valence-corrected chi connectivity index (χ4v) is 1.40. The second kappa shape index (κ2) is 2.46. The van der Waals surface area contributed by atoms with Gasteiger partial charge in [-0.25, -0.2) is 0 Å². The summed E-state index contributed by atoms with van der Waals surface area (Å²) in [5.41, 5.74) is 1.11. The normalized spacial score (nSPS) is 32.9. The Labute approximate surface area is 72.7 Å². The maximum absolute atomic E-state index is 5.52. The zero-order valence-corrected chi connectivity index (χ0v) is 7.16. The molecular weight excluding hydrogens is 148 g/mol. The Kier molecular flexibility index (Phi) is 1.55. The minimum Gasteiger partial charge on any atom is -0.357 e. The fourth-order valence-electron chi connectivity index (χ4n) is 1.40. The molecule has 12 heavy (non-hydrogen) atoms. The van der Waals surface area contributed by atoms with Crippen molar-refractivity contribution in [1.29, 1.82) is 0 Å². The van der Waals surface area contributed by atoms with Crippen molar-refractivity contribution in [2.45, 2.75) is 18.6 Å². The topological polar surface area (TPSA) is 12.5 Å². The Morgan fingerprint density at radius 3 is 2.58 bits per heavy atom. The molecule has 2 unspecified atom stereocenters. The summed E-state index contributed by atoms with van der Waals surface area (Å²) >= 11 is 0. The summed E-state index contributed by atoms with van der Waals surface area (Å²) in [6.45, 7) is 5.80. The van der Waals surface area contributed by atoms with Crippen LogP contribution in [-0.2, 0) is 4.74 Å². The lowest BCUT2D eigenvalue weighted by atomic mass is 10.0. The predicted molar refractivity (Wildman–Crippen MR) is 48.9 cm³/mol. The Hall–Kier alpha value is -1.08. The van der Waals surface area contributed by atoms with E-state index in [9.17, 15) is 0 Å². The van der Waals surface area contributed by atoms with Gasteiger partial charge in [0, 0.05) is 0 Å². The fraction of sp³-hybridized carbons (Fsp3) is 0.273. The van der Waals surface area contributed by atoms with Crippen LogP contribution in [-0.4, -0.2) is 5.60 Å². The van der Waals surface area contributed by atoms with Crippen molar-refractivity contribution < 1.29 is 4.74 Å². The van der Waals surface area contributed by atoms with Crippen LogP contribution in [0, 0.1) is 0 Å². The Bertz CT molecular complexity index is 291. The van der Waals surface area contributed by atoms with Gasteiger partial charge in [-0.15, -0.1) is 6.58 Å². The summed E-state index contributed by atoms with van der Waals surface area (Å²) in [5.74, 6) is 0. The molecule has 1 nitrogen and oxygen atoms in total. The van der Waals surface area contributed by atoms with Gasteiger partial charge < -0.3 is 4.74 Å². The lowest BCUT2D eigenvalue weighted by Crippen LogP contribution is -1.99. The number of epoxide rings is 1. The number of benzene rings is 1. The van der Waals surface area contributed by atoms with E-state index in [1.54, 1.807) is 0 Å². The molecule has 0 radical (unpaired) electrons. The first-order chi connectivity index (χ1) is 5.76. The van der Waals surface area contributed by atoms with Crippen LogP contribution in [0.2, 0.25) is 0 Å². The average Bonchev–Trinajstić information content (AvgIpc) is 2.81. The highest BCUT2D eigenvalue weighted by Crippen LogP contribution is 2.49. The van der Waals surface area contributed by atoms with E-state index in [0.717, 1.165) is 0 Å². The molecule has 1 fully saturated rings. The van der Waals surface area contributed by atoms with Gasteiger partial charge in [0.2, 0.25) is 0 Å². The molecule has 0 amide bonds. The van der Waals surface area contributed by atoms with E-state index in [1.165, 1.54) is 5.56 Å². The first-order valence-corrected chi connectivity index (χ1v) is 4.12. The van der Waals surface area contributed by atoms with Crippen molar-refractivity contribution in [3.8, 4) is 0 Å². The predicted octanol–water partition coefficient (Wildman–Crippen LogP) is 2.70. The highest BCUT2D eigenvalue weighted by Gasteiger charge is 2.50. The van der Waals surface area contributed by atoms with Crippen molar-refractivity contribution in [3.63, 3.8) is 0 Å². The molecule has 1 aliphatic rings. The third kappa shape index (κ3) is 1.07. The molecule has 1 heterocycles. The van der Waals surface area contributed by atoms with Gasteiger partial charge in [-0.05, 0) is 12.5 Å². The van der Waals surface area contributed by atoms with Gasteiger partial charge >= 0.3 is 0 Å². The van der Waals surface area contributed by atoms with Crippen molar-refractivity contribution in [3.05, 3.63) is 48.6 Å².